The Morgan fingerprint density at radius 1 is 1.17 bits per heavy atom. The molecule has 0 radical (unpaired) electrons. The Hall–Kier alpha value is -0.940. The molecule has 1 spiro atoms. The van der Waals surface area contributed by atoms with Gasteiger partial charge < -0.3 is 20.6 Å². The van der Waals surface area contributed by atoms with E-state index < -0.39 is 18.3 Å². The maximum Gasteiger partial charge on any atom is 0.0927 e. The Kier molecular flexibility index (Phi) is 2.90. The van der Waals surface area contributed by atoms with E-state index in [0.29, 0.717) is 6.54 Å². The number of benzene rings is 1. The average molecular weight is 249 g/mol. The molecule has 1 heterocycles. The maximum atomic E-state index is 10.5. The van der Waals surface area contributed by atoms with Gasteiger partial charge in [0.15, 0.2) is 0 Å². The van der Waals surface area contributed by atoms with E-state index in [4.69, 9.17) is 0 Å². The Morgan fingerprint density at radius 3 is 2.44 bits per heavy atom. The van der Waals surface area contributed by atoms with Crippen LogP contribution in [0.2, 0.25) is 0 Å². The molecule has 0 amide bonds. The largest absolute Gasteiger partial charge is 0.390 e. The smallest absolute Gasteiger partial charge is 0.0927 e. The molecule has 2 aliphatic rings. The summed E-state index contributed by atoms with van der Waals surface area (Å²) >= 11 is 0. The minimum atomic E-state index is -0.871. The summed E-state index contributed by atoms with van der Waals surface area (Å²) in [5, 5.41) is 33.8. The van der Waals surface area contributed by atoms with Crippen molar-refractivity contribution in [2.24, 2.45) is 5.92 Å². The summed E-state index contributed by atoms with van der Waals surface area (Å²) in [4.78, 5) is 0. The first kappa shape index (κ1) is 12.1. The van der Waals surface area contributed by atoms with Crippen LogP contribution in [-0.4, -0.2) is 39.6 Å². The highest BCUT2D eigenvalue weighted by molar-refractivity contribution is 5.24. The molecule has 4 nitrogen and oxygen atoms in total. The lowest BCUT2D eigenvalue weighted by Crippen LogP contribution is -2.59. The van der Waals surface area contributed by atoms with Gasteiger partial charge in [0.25, 0.3) is 0 Å². The predicted molar refractivity (Wildman–Crippen MR) is 66.9 cm³/mol. The van der Waals surface area contributed by atoms with Gasteiger partial charge in [-0.3, -0.25) is 0 Å². The molecule has 1 saturated carbocycles. The second-order valence-electron chi connectivity index (χ2n) is 5.48. The van der Waals surface area contributed by atoms with Crippen molar-refractivity contribution in [1.29, 1.82) is 0 Å². The van der Waals surface area contributed by atoms with Crippen molar-refractivity contribution in [2.45, 2.75) is 36.7 Å². The van der Waals surface area contributed by atoms with Crippen LogP contribution in [0, 0.1) is 5.92 Å². The molecule has 4 N–H and O–H groups in total. The van der Waals surface area contributed by atoms with E-state index in [9.17, 15) is 15.3 Å². The number of hydrogen-bond acceptors (Lipinski definition) is 4. The Morgan fingerprint density at radius 2 is 1.83 bits per heavy atom. The molecule has 0 aromatic heterocycles. The zero-order valence-electron chi connectivity index (χ0n) is 10.2. The highest BCUT2D eigenvalue weighted by atomic mass is 16.3. The molecule has 1 aromatic rings. The summed E-state index contributed by atoms with van der Waals surface area (Å²) in [5.41, 5.74) is 0.609. The molecule has 3 rings (SSSR count). The van der Waals surface area contributed by atoms with Crippen LogP contribution < -0.4 is 5.32 Å². The van der Waals surface area contributed by atoms with Crippen LogP contribution in [0.15, 0.2) is 30.3 Å². The van der Waals surface area contributed by atoms with Crippen LogP contribution in [0.25, 0.3) is 0 Å². The van der Waals surface area contributed by atoms with E-state index in [1.807, 2.05) is 30.3 Å². The summed E-state index contributed by atoms with van der Waals surface area (Å²) in [6.07, 6.45) is -0.522. The predicted octanol–water partition coefficient (Wildman–Crippen LogP) is 0.194. The topological polar surface area (TPSA) is 72.7 Å². The minimum absolute atomic E-state index is 0.187. The molecule has 1 aromatic carbocycles. The molecular weight excluding hydrogens is 230 g/mol. The van der Waals surface area contributed by atoms with Crippen molar-refractivity contribution >= 4 is 0 Å². The van der Waals surface area contributed by atoms with Crippen molar-refractivity contribution in [2.75, 3.05) is 6.54 Å². The summed E-state index contributed by atoms with van der Waals surface area (Å²) in [6, 6.07) is 9.35. The fourth-order valence-electron chi connectivity index (χ4n) is 3.10. The van der Waals surface area contributed by atoms with Crippen molar-refractivity contribution < 1.29 is 15.3 Å². The monoisotopic (exact) mass is 249 g/mol. The van der Waals surface area contributed by atoms with Gasteiger partial charge in [-0.25, -0.2) is 0 Å². The quantitative estimate of drug-likeness (QED) is 0.604. The van der Waals surface area contributed by atoms with Crippen LogP contribution in [-0.2, 0) is 0 Å². The minimum Gasteiger partial charge on any atom is -0.390 e. The molecule has 1 aliphatic carbocycles. The second kappa shape index (κ2) is 4.31. The molecule has 1 aliphatic heterocycles. The number of hydrogen-bond donors (Lipinski definition) is 4. The number of aliphatic hydroxyl groups is 3. The lowest BCUT2D eigenvalue weighted by molar-refractivity contribution is -0.0989. The number of piperidine rings is 1. The highest BCUT2D eigenvalue weighted by Gasteiger charge is 2.58. The Bertz CT molecular complexity index is 418. The van der Waals surface area contributed by atoms with E-state index >= 15 is 0 Å². The highest BCUT2D eigenvalue weighted by Crippen LogP contribution is 2.51. The molecule has 4 atom stereocenters. The number of aliphatic hydroxyl groups excluding tert-OH is 3. The number of β-amino-alcohol motifs (C(OH)–C–C–N with tert-alkyl or cyclic N) is 1. The number of rotatable bonds is 2. The van der Waals surface area contributed by atoms with Crippen LogP contribution >= 0.6 is 0 Å². The lowest BCUT2D eigenvalue weighted by Gasteiger charge is -2.42. The summed E-state index contributed by atoms with van der Waals surface area (Å²) in [7, 11) is 0. The molecule has 0 bridgehead atoms. The average Bonchev–Trinajstić information content (AvgIpc) is 3.16. The Labute approximate surface area is 106 Å². The first-order valence-electron chi connectivity index (χ1n) is 6.48. The maximum absolute atomic E-state index is 10.5. The fourth-order valence-corrected chi connectivity index (χ4v) is 3.10. The van der Waals surface area contributed by atoms with E-state index in [0.717, 1.165) is 18.4 Å². The standard InChI is InChI=1S/C14H19NO3/c16-10-8-15-14(6-7-14)11(13(10)18)12(17)9-4-2-1-3-5-9/h1-5,10-13,15-18H,6-8H2/t10-,11-,12?,13+/m1/s1. The van der Waals surface area contributed by atoms with Gasteiger partial charge in [-0.1, -0.05) is 30.3 Å². The first-order valence-corrected chi connectivity index (χ1v) is 6.48. The van der Waals surface area contributed by atoms with Gasteiger partial charge in [0.05, 0.1) is 18.3 Å². The molecular formula is C14H19NO3. The second-order valence-corrected chi connectivity index (χ2v) is 5.48. The van der Waals surface area contributed by atoms with E-state index in [-0.39, 0.29) is 11.5 Å². The molecule has 1 saturated heterocycles. The molecule has 18 heavy (non-hydrogen) atoms. The van der Waals surface area contributed by atoms with Crippen molar-refractivity contribution in [3.63, 3.8) is 0 Å². The van der Waals surface area contributed by atoms with Crippen LogP contribution in [0.5, 0.6) is 0 Å². The zero-order chi connectivity index (χ0) is 12.8. The lowest BCUT2D eigenvalue weighted by atomic mass is 9.78. The zero-order valence-corrected chi connectivity index (χ0v) is 10.2. The fraction of sp³-hybridized carbons (Fsp3) is 0.571. The van der Waals surface area contributed by atoms with Crippen molar-refractivity contribution in [3.8, 4) is 0 Å². The summed E-state index contributed by atoms with van der Waals surface area (Å²) in [5.74, 6) is -0.344. The van der Waals surface area contributed by atoms with Gasteiger partial charge in [0.1, 0.15) is 0 Å². The van der Waals surface area contributed by atoms with Crippen molar-refractivity contribution in [3.05, 3.63) is 35.9 Å². The van der Waals surface area contributed by atoms with Crippen molar-refractivity contribution in [1.82, 2.24) is 5.32 Å². The van der Waals surface area contributed by atoms with Crippen LogP contribution in [0.4, 0.5) is 0 Å². The Balaban J connectivity index is 1.88. The summed E-state index contributed by atoms with van der Waals surface area (Å²) in [6.45, 7) is 0.402. The van der Waals surface area contributed by atoms with Gasteiger partial charge >= 0.3 is 0 Å². The van der Waals surface area contributed by atoms with E-state index in [1.54, 1.807) is 0 Å². The van der Waals surface area contributed by atoms with Gasteiger partial charge in [0.2, 0.25) is 0 Å². The third-order valence-electron chi connectivity index (χ3n) is 4.33. The van der Waals surface area contributed by atoms with Gasteiger partial charge in [-0.15, -0.1) is 0 Å². The molecule has 1 unspecified atom stereocenters. The van der Waals surface area contributed by atoms with Gasteiger partial charge in [-0.2, -0.15) is 0 Å². The van der Waals surface area contributed by atoms with Crippen LogP contribution in [0.3, 0.4) is 0 Å². The SMILES string of the molecule is OC(c1ccccc1)[C@@H]1[C@@H](O)[C@H](O)CNC12CC2. The van der Waals surface area contributed by atoms with E-state index in [1.165, 1.54) is 0 Å². The third-order valence-corrected chi connectivity index (χ3v) is 4.33. The van der Waals surface area contributed by atoms with Crippen LogP contribution in [0.1, 0.15) is 24.5 Å². The summed E-state index contributed by atoms with van der Waals surface area (Å²) < 4.78 is 0. The normalized spacial score (nSPS) is 35.4. The van der Waals surface area contributed by atoms with Gasteiger partial charge in [-0.05, 0) is 18.4 Å². The third kappa shape index (κ3) is 1.86. The van der Waals surface area contributed by atoms with Gasteiger partial charge in [0, 0.05) is 18.0 Å². The first-order chi connectivity index (χ1) is 8.64. The molecule has 98 valence electrons. The van der Waals surface area contributed by atoms with E-state index in [2.05, 4.69) is 5.32 Å². The number of nitrogens with one attached hydrogen (secondary N) is 1. The molecule has 4 heteroatoms. The molecule has 2 fully saturated rings.